The van der Waals surface area contributed by atoms with Gasteiger partial charge in [0.15, 0.2) is 0 Å². The SMILES string of the molecule is Cc1cccc(Oc2ccc(NC(=O)/C=C/c3cccc(Cl)c3)cc2)c1. The highest BCUT2D eigenvalue weighted by atomic mass is 35.5. The lowest BCUT2D eigenvalue weighted by Gasteiger charge is -2.08. The maximum atomic E-state index is 12.0. The summed E-state index contributed by atoms with van der Waals surface area (Å²) in [5, 5.41) is 3.45. The molecule has 0 fully saturated rings. The van der Waals surface area contributed by atoms with E-state index in [1.54, 1.807) is 30.3 Å². The van der Waals surface area contributed by atoms with Crippen LogP contribution in [0.25, 0.3) is 6.08 Å². The van der Waals surface area contributed by atoms with Crippen LogP contribution in [0, 0.1) is 6.92 Å². The summed E-state index contributed by atoms with van der Waals surface area (Å²) < 4.78 is 5.80. The van der Waals surface area contributed by atoms with Crippen molar-refractivity contribution in [3.8, 4) is 11.5 Å². The third kappa shape index (κ3) is 5.23. The average molecular weight is 364 g/mol. The Bertz CT molecular complexity index is 933. The van der Waals surface area contributed by atoms with Crippen LogP contribution in [-0.2, 0) is 4.79 Å². The number of anilines is 1. The first-order valence-electron chi connectivity index (χ1n) is 8.18. The van der Waals surface area contributed by atoms with Crippen molar-refractivity contribution < 1.29 is 9.53 Å². The number of halogens is 1. The Morgan fingerprint density at radius 3 is 2.46 bits per heavy atom. The van der Waals surface area contributed by atoms with Gasteiger partial charge in [-0.05, 0) is 72.7 Å². The van der Waals surface area contributed by atoms with E-state index in [0.29, 0.717) is 16.5 Å². The van der Waals surface area contributed by atoms with Crippen LogP contribution in [0.5, 0.6) is 11.5 Å². The van der Waals surface area contributed by atoms with Gasteiger partial charge in [0.2, 0.25) is 5.91 Å². The molecule has 0 bridgehead atoms. The van der Waals surface area contributed by atoms with E-state index in [0.717, 1.165) is 16.9 Å². The topological polar surface area (TPSA) is 38.3 Å². The summed E-state index contributed by atoms with van der Waals surface area (Å²) in [5.41, 5.74) is 2.70. The van der Waals surface area contributed by atoms with E-state index in [1.807, 2.05) is 55.5 Å². The number of carbonyl (C=O) groups is 1. The number of carbonyl (C=O) groups excluding carboxylic acids is 1. The fraction of sp³-hybridized carbons (Fsp3) is 0.0455. The lowest BCUT2D eigenvalue weighted by atomic mass is 10.2. The molecule has 0 atom stereocenters. The van der Waals surface area contributed by atoms with Crippen molar-refractivity contribution in [2.24, 2.45) is 0 Å². The lowest BCUT2D eigenvalue weighted by molar-refractivity contribution is -0.111. The third-order valence-corrected chi connectivity index (χ3v) is 3.86. The quantitative estimate of drug-likeness (QED) is 0.557. The maximum Gasteiger partial charge on any atom is 0.248 e. The molecule has 0 radical (unpaired) electrons. The Kier molecular flexibility index (Phi) is 5.72. The Morgan fingerprint density at radius 1 is 0.962 bits per heavy atom. The molecular formula is C22H18ClNO2. The molecule has 130 valence electrons. The molecule has 0 saturated heterocycles. The van der Waals surface area contributed by atoms with Crippen molar-refractivity contribution in [1.29, 1.82) is 0 Å². The van der Waals surface area contributed by atoms with Crippen molar-refractivity contribution in [2.75, 3.05) is 5.32 Å². The van der Waals surface area contributed by atoms with Crippen LogP contribution in [0.2, 0.25) is 5.02 Å². The van der Waals surface area contributed by atoms with Gasteiger partial charge in [-0.3, -0.25) is 4.79 Å². The van der Waals surface area contributed by atoms with Crippen molar-refractivity contribution >= 4 is 29.3 Å². The Labute approximate surface area is 157 Å². The molecule has 3 rings (SSSR count). The Hall–Kier alpha value is -3.04. The number of amides is 1. The number of aryl methyl sites for hydroxylation is 1. The van der Waals surface area contributed by atoms with Gasteiger partial charge in [-0.1, -0.05) is 35.9 Å². The van der Waals surface area contributed by atoms with Crippen molar-refractivity contribution in [3.63, 3.8) is 0 Å². The summed E-state index contributed by atoms with van der Waals surface area (Å²) in [5.74, 6) is 1.28. The van der Waals surface area contributed by atoms with Crippen molar-refractivity contribution in [2.45, 2.75) is 6.92 Å². The summed E-state index contributed by atoms with van der Waals surface area (Å²) in [7, 11) is 0. The minimum Gasteiger partial charge on any atom is -0.457 e. The van der Waals surface area contributed by atoms with E-state index < -0.39 is 0 Å². The van der Waals surface area contributed by atoms with Gasteiger partial charge in [0.25, 0.3) is 0 Å². The molecule has 0 unspecified atom stereocenters. The molecule has 0 saturated carbocycles. The Morgan fingerprint density at radius 2 is 1.73 bits per heavy atom. The van der Waals surface area contributed by atoms with Crippen LogP contribution in [0.1, 0.15) is 11.1 Å². The molecule has 26 heavy (non-hydrogen) atoms. The highest BCUT2D eigenvalue weighted by Crippen LogP contribution is 2.23. The van der Waals surface area contributed by atoms with E-state index in [-0.39, 0.29) is 5.91 Å². The second-order valence-electron chi connectivity index (χ2n) is 5.82. The lowest BCUT2D eigenvalue weighted by Crippen LogP contribution is -2.07. The van der Waals surface area contributed by atoms with Gasteiger partial charge in [0.05, 0.1) is 0 Å². The van der Waals surface area contributed by atoms with E-state index in [4.69, 9.17) is 16.3 Å². The monoisotopic (exact) mass is 363 g/mol. The molecule has 4 heteroatoms. The normalized spacial score (nSPS) is 10.7. The predicted molar refractivity (Wildman–Crippen MR) is 107 cm³/mol. The minimum absolute atomic E-state index is 0.211. The highest BCUT2D eigenvalue weighted by Gasteiger charge is 2.01. The summed E-state index contributed by atoms with van der Waals surface area (Å²) in [4.78, 5) is 12.0. The minimum atomic E-state index is -0.211. The molecule has 0 aliphatic heterocycles. The molecule has 0 aliphatic rings. The fourth-order valence-corrected chi connectivity index (χ4v) is 2.59. The first kappa shape index (κ1) is 17.8. The summed E-state index contributed by atoms with van der Waals surface area (Å²) in [6.07, 6.45) is 3.19. The number of benzene rings is 3. The highest BCUT2D eigenvalue weighted by molar-refractivity contribution is 6.30. The smallest absolute Gasteiger partial charge is 0.248 e. The van der Waals surface area contributed by atoms with Crippen LogP contribution in [0.15, 0.2) is 78.9 Å². The van der Waals surface area contributed by atoms with Gasteiger partial charge in [0.1, 0.15) is 11.5 Å². The summed E-state index contributed by atoms with van der Waals surface area (Å²) in [6, 6.07) is 22.4. The van der Waals surface area contributed by atoms with E-state index in [1.165, 1.54) is 6.08 Å². The van der Waals surface area contributed by atoms with Crippen molar-refractivity contribution in [3.05, 3.63) is 95.0 Å². The molecule has 3 aromatic rings. The van der Waals surface area contributed by atoms with Crippen LogP contribution >= 0.6 is 11.6 Å². The van der Waals surface area contributed by atoms with Gasteiger partial charge in [-0.25, -0.2) is 0 Å². The zero-order valence-corrected chi connectivity index (χ0v) is 15.0. The van der Waals surface area contributed by atoms with E-state index in [9.17, 15) is 4.79 Å². The molecule has 0 heterocycles. The Balaban J connectivity index is 1.59. The molecule has 1 amide bonds. The first-order chi connectivity index (χ1) is 12.6. The maximum absolute atomic E-state index is 12.0. The summed E-state index contributed by atoms with van der Waals surface area (Å²) in [6.45, 7) is 2.02. The fourth-order valence-electron chi connectivity index (χ4n) is 2.39. The number of hydrogen-bond donors (Lipinski definition) is 1. The summed E-state index contributed by atoms with van der Waals surface area (Å²) >= 11 is 5.93. The van der Waals surface area contributed by atoms with Gasteiger partial charge in [-0.15, -0.1) is 0 Å². The van der Waals surface area contributed by atoms with Crippen molar-refractivity contribution in [1.82, 2.24) is 0 Å². The molecule has 3 aromatic carbocycles. The second kappa shape index (κ2) is 8.37. The third-order valence-electron chi connectivity index (χ3n) is 3.62. The second-order valence-corrected chi connectivity index (χ2v) is 6.26. The van der Waals surface area contributed by atoms with Gasteiger partial charge >= 0.3 is 0 Å². The zero-order chi connectivity index (χ0) is 18.4. The zero-order valence-electron chi connectivity index (χ0n) is 14.3. The van der Waals surface area contributed by atoms with Crippen LogP contribution in [0.3, 0.4) is 0 Å². The molecule has 1 N–H and O–H groups in total. The molecule has 3 nitrogen and oxygen atoms in total. The molecule has 0 aliphatic carbocycles. The number of rotatable bonds is 5. The van der Waals surface area contributed by atoms with Crippen LogP contribution in [-0.4, -0.2) is 5.91 Å². The van der Waals surface area contributed by atoms with Crippen LogP contribution in [0.4, 0.5) is 5.69 Å². The van der Waals surface area contributed by atoms with Crippen LogP contribution < -0.4 is 10.1 Å². The van der Waals surface area contributed by atoms with E-state index >= 15 is 0 Å². The number of nitrogens with one attached hydrogen (secondary N) is 1. The van der Waals surface area contributed by atoms with Gasteiger partial charge < -0.3 is 10.1 Å². The predicted octanol–water partition coefficient (Wildman–Crippen LogP) is 6.09. The number of ether oxygens (including phenoxy) is 1. The molecule has 0 spiro atoms. The largest absolute Gasteiger partial charge is 0.457 e. The molecule has 0 aromatic heterocycles. The van der Waals surface area contributed by atoms with E-state index in [2.05, 4.69) is 5.32 Å². The van der Waals surface area contributed by atoms with Gasteiger partial charge in [-0.2, -0.15) is 0 Å². The molecular weight excluding hydrogens is 346 g/mol. The standard InChI is InChI=1S/C22H18ClNO2/c1-16-4-2-7-21(14-16)26-20-11-9-19(10-12-20)24-22(25)13-8-17-5-3-6-18(23)15-17/h2-15H,1H3,(H,24,25)/b13-8+. The first-order valence-corrected chi connectivity index (χ1v) is 8.55. The van der Waals surface area contributed by atoms with Gasteiger partial charge in [0, 0.05) is 16.8 Å². The number of hydrogen-bond acceptors (Lipinski definition) is 2. The average Bonchev–Trinajstić information content (AvgIpc) is 2.62.